The molecule has 0 aliphatic heterocycles. The van der Waals surface area contributed by atoms with Crippen molar-refractivity contribution < 1.29 is 9.13 Å². The molecule has 1 heterocycles. The van der Waals surface area contributed by atoms with Crippen LogP contribution >= 0.6 is 0 Å². The van der Waals surface area contributed by atoms with Gasteiger partial charge in [0.05, 0.1) is 6.61 Å². The summed E-state index contributed by atoms with van der Waals surface area (Å²) in [6.45, 7) is 5.24. The summed E-state index contributed by atoms with van der Waals surface area (Å²) in [6, 6.07) is 10.8. The average molecular weight is 288 g/mol. The number of hydrogen-bond donors (Lipinski definition) is 1. The normalized spacial score (nSPS) is 12.1. The van der Waals surface area contributed by atoms with Crippen LogP contribution in [0.25, 0.3) is 0 Å². The molecule has 4 heteroatoms. The van der Waals surface area contributed by atoms with Crippen LogP contribution in [0.3, 0.4) is 0 Å². The van der Waals surface area contributed by atoms with E-state index >= 15 is 0 Å². The van der Waals surface area contributed by atoms with E-state index in [2.05, 4.69) is 10.3 Å². The smallest absolute Gasteiger partial charge is 0.131 e. The van der Waals surface area contributed by atoms with Crippen LogP contribution in [-0.4, -0.2) is 18.1 Å². The third-order valence-electron chi connectivity index (χ3n) is 3.30. The lowest BCUT2D eigenvalue weighted by Crippen LogP contribution is -2.18. The highest BCUT2D eigenvalue weighted by Gasteiger charge is 2.10. The second-order valence-electron chi connectivity index (χ2n) is 4.88. The number of pyridine rings is 1. The molecule has 0 saturated carbocycles. The maximum atomic E-state index is 14.0. The first-order valence-corrected chi connectivity index (χ1v) is 7.26. The number of ether oxygens (including phenoxy) is 1. The van der Waals surface area contributed by atoms with Crippen LogP contribution in [0.4, 0.5) is 4.39 Å². The zero-order chi connectivity index (χ0) is 15.1. The van der Waals surface area contributed by atoms with E-state index in [1.165, 1.54) is 6.07 Å². The highest BCUT2D eigenvalue weighted by atomic mass is 19.1. The Hall–Kier alpha value is -1.94. The Labute approximate surface area is 125 Å². The Morgan fingerprint density at radius 3 is 2.81 bits per heavy atom. The fraction of sp³-hybridized carbons (Fsp3) is 0.353. The topological polar surface area (TPSA) is 34.1 Å². The Morgan fingerprint density at radius 2 is 2.14 bits per heavy atom. The van der Waals surface area contributed by atoms with Gasteiger partial charge in [-0.2, -0.15) is 0 Å². The molecule has 0 radical (unpaired) electrons. The summed E-state index contributed by atoms with van der Waals surface area (Å²) in [5.41, 5.74) is 1.63. The molecule has 1 unspecified atom stereocenters. The lowest BCUT2D eigenvalue weighted by Gasteiger charge is -2.14. The van der Waals surface area contributed by atoms with Gasteiger partial charge in [0.15, 0.2) is 0 Å². The average Bonchev–Trinajstić information content (AvgIpc) is 2.48. The van der Waals surface area contributed by atoms with E-state index in [4.69, 9.17) is 4.74 Å². The monoisotopic (exact) mass is 288 g/mol. The Kier molecular flexibility index (Phi) is 5.69. The summed E-state index contributed by atoms with van der Waals surface area (Å²) in [6.07, 6.45) is 2.46. The molecule has 2 rings (SSSR count). The molecule has 0 amide bonds. The first-order valence-electron chi connectivity index (χ1n) is 7.26. The van der Waals surface area contributed by atoms with E-state index in [9.17, 15) is 4.39 Å². The molecule has 1 atom stereocenters. The summed E-state index contributed by atoms with van der Waals surface area (Å²) < 4.78 is 19.6. The van der Waals surface area contributed by atoms with E-state index in [1.54, 1.807) is 12.3 Å². The van der Waals surface area contributed by atoms with Gasteiger partial charge in [0, 0.05) is 36.0 Å². The standard InChI is InChI=1S/C17H21FN2O/c1-3-19-13(2)16-8-7-15(12-17(16)18)21-11-9-14-6-4-5-10-20-14/h4-8,10,12-13,19H,3,9,11H2,1-2H3. The zero-order valence-corrected chi connectivity index (χ0v) is 12.5. The molecule has 0 aliphatic rings. The van der Waals surface area contributed by atoms with Gasteiger partial charge in [0.2, 0.25) is 0 Å². The summed E-state index contributed by atoms with van der Waals surface area (Å²) in [5, 5.41) is 3.20. The van der Waals surface area contributed by atoms with E-state index in [0.29, 0.717) is 24.3 Å². The van der Waals surface area contributed by atoms with Crippen molar-refractivity contribution in [3.63, 3.8) is 0 Å². The van der Waals surface area contributed by atoms with Crippen molar-refractivity contribution in [2.24, 2.45) is 0 Å². The van der Waals surface area contributed by atoms with Crippen LogP contribution in [0, 0.1) is 5.82 Å². The first-order chi connectivity index (χ1) is 10.2. The molecule has 0 fully saturated rings. The molecule has 0 saturated heterocycles. The molecule has 1 aromatic carbocycles. The van der Waals surface area contributed by atoms with Crippen molar-refractivity contribution >= 4 is 0 Å². The number of hydrogen-bond acceptors (Lipinski definition) is 3. The van der Waals surface area contributed by atoms with Gasteiger partial charge in [0.1, 0.15) is 11.6 Å². The fourth-order valence-electron chi connectivity index (χ4n) is 2.18. The van der Waals surface area contributed by atoms with Gasteiger partial charge >= 0.3 is 0 Å². The first kappa shape index (κ1) is 15.4. The van der Waals surface area contributed by atoms with Crippen LogP contribution in [0.5, 0.6) is 5.75 Å². The van der Waals surface area contributed by atoms with Crippen molar-refractivity contribution in [1.82, 2.24) is 10.3 Å². The molecular formula is C17H21FN2O. The number of aromatic nitrogens is 1. The van der Waals surface area contributed by atoms with Crippen LogP contribution < -0.4 is 10.1 Å². The second kappa shape index (κ2) is 7.74. The van der Waals surface area contributed by atoms with Crippen molar-refractivity contribution in [2.75, 3.05) is 13.2 Å². The number of halogens is 1. The molecule has 1 N–H and O–H groups in total. The van der Waals surface area contributed by atoms with Gasteiger partial charge in [-0.25, -0.2) is 4.39 Å². The van der Waals surface area contributed by atoms with Crippen molar-refractivity contribution in [3.05, 3.63) is 59.7 Å². The largest absolute Gasteiger partial charge is 0.493 e. The number of nitrogens with one attached hydrogen (secondary N) is 1. The maximum Gasteiger partial charge on any atom is 0.131 e. The molecule has 0 spiro atoms. The van der Waals surface area contributed by atoms with Crippen LogP contribution in [-0.2, 0) is 6.42 Å². The van der Waals surface area contributed by atoms with Crippen molar-refractivity contribution in [1.29, 1.82) is 0 Å². The van der Waals surface area contributed by atoms with Crippen LogP contribution in [0.15, 0.2) is 42.6 Å². The summed E-state index contributed by atoms with van der Waals surface area (Å²) in [7, 11) is 0. The minimum Gasteiger partial charge on any atom is -0.493 e. The van der Waals surface area contributed by atoms with Crippen LogP contribution in [0.2, 0.25) is 0 Å². The van der Waals surface area contributed by atoms with Gasteiger partial charge in [-0.05, 0) is 31.7 Å². The molecule has 3 nitrogen and oxygen atoms in total. The number of rotatable bonds is 7. The highest BCUT2D eigenvalue weighted by molar-refractivity contribution is 5.30. The van der Waals surface area contributed by atoms with E-state index < -0.39 is 0 Å². The molecular weight excluding hydrogens is 267 g/mol. The summed E-state index contributed by atoms with van der Waals surface area (Å²) in [4.78, 5) is 4.22. The lowest BCUT2D eigenvalue weighted by atomic mass is 10.1. The van der Waals surface area contributed by atoms with Gasteiger partial charge in [-0.1, -0.05) is 19.1 Å². The summed E-state index contributed by atoms with van der Waals surface area (Å²) >= 11 is 0. The molecule has 0 bridgehead atoms. The van der Waals surface area contributed by atoms with Gasteiger partial charge in [0.25, 0.3) is 0 Å². The zero-order valence-electron chi connectivity index (χ0n) is 12.5. The lowest BCUT2D eigenvalue weighted by molar-refractivity contribution is 0.318. The minimum atomic E-state index is -0.237. The molecule has 21 heavy (non-hydrogen) atoms. The van der Waals surface area contributed by atoms with E-state index in [1.807, 2.05) is 38.1 Å². The molecule has 1 aromatic heterocycles. The van der Waals surface area contributed by atoms with Gasteiger partial charge < -0.3 is 10.1 Å². The van der Waals surface area contributed by atoms with Crippen LogP contribution in [0.1, 0.15) is 31.1 Å². The maximum absolute atomic E-state index is 14.0. The SMILES string of the molecule is CCNC(C)c1ccc(OCCc2ccccn2)cc1F. The minimum absolute atomic E-state index is 0.00225. The Balaban J connectivity index is 1.91. The number of benzene rings is 1. The van der Waals surface area contributed by atoms with E-state index in [0.717, 1.165) is 12.2 Å². The second-order valence-corrected chi connectivity index (χ2v) is 4.88. The van der Waals surface area contributed by atoms with Gasteiger partial charge in [-0.3, -0.25) is 4.98 Å². The fourth-order valence-corrected chi connectivity index (χ4v) is 2.18. The summed E-state index contributed by atoms with van der Waals surface area (Å²) in [5.74, 6) is 0.315. The Morgan fingerprint density at radius 1 is 1.29 bits per heavy atom. The Bertz CT molecular complexity index is 560. The van der Waals surface area contributed by atoms with E-state index in [-0.39, 0.29) is 11.9 Å². The quantitative estimate of drug-likeness (QED) is 0.846. The third-order valence-corrected chi connectivity index (χ3v) is 3.30. The number of nitrogens with zero attached hydrogens (tertiary/aromatic N) is 1. The van der Waals surface area contributed by atoms with Crippen molar-refractivity contribution in [2.45, 2.75) is 26.3 Å². The molecule has 112 valence electrons. The molecule has 2 aromatic rings. The third kappa shape index (κ3) is 4.53. The highest BCUT2D eigenvalue weighted by Crippen LogP contribution is 2.22. The molecule has 0 aliphatic carbocycles. The predicted octanol–water partition coefficient (Wildman–Crippen LogP) is 3.51. The van der Waals surface area contributed by atoms with Gasteiger partial charge in [-0.15, -0.1) is 0 Å². The predicted molar refractivity (Wildman–Crippen MR) is 81.9 cm³/mol. The van der Waals surface area contributed by atoms with Crippen molar-refractivity contribution in [3.8, 4) is 5.75 Å².